The van der Waals surface area contributed by atoms with Crippen molar-refractivity contribution in [3.63, 3.8) is 0 Å². The predicted octanol–water partition coefficient (Wildman–Crippen LogP) is 2.24. The molecule has 1 aromatic heterocycles. The molecule has 0 unspecified atom stereocenters. The maximum Gasteiger partial charge on any atom is 0.198 e. The maximum atomic E-state index is 13.9. The lowest BCUT2D eigenvalue weighted by Gasteiger charge is -2.51. The number of hydrogen-bond acceptors (Lipinski definition) is 7. The molecule has 1 saturated heterocycles. The second-order valence-corrected chi connectivity index (χ2v) is 8.02. The molecule has 31 heavy (non-hydrogen) atoms. The molecule has 1 fully saturated rings. The molecule has 2 N–H and O–H groups in total. The van der Waals surface area contributed by atoms with Gasteiger partial charge in [0, 0.05) is 38.3 Å². The topological polar surface area (TPSA) is 82.7 Å². The van der Waals surface area contributed by atoms with Gasteiger partial charge in [-0.2, -0.15) is 0 Å². The Bertz CT molecular complexity index is 1150. The van der Waals surface area contributed by atoms with Crippen molar-refractivity contribution >= 4 is 28.1 Å². The van der Waals surface area contributed by atoms with Crippen LogP contribution in [0.2, 0.25) is 0 Å². The van der Waals surface area contributed by atoms with E-state index in [1.54, 1.807) is 14.2 Å². The van der Waals surface area contributed by atoms with Crippen LogP contribution in [-0.2, 0) is 4.79 Å². The lowest BCUT2D eigenvalue weighted by Crippen LogP contribution is -2.71. The molecule has 0 amide bonds. The second-order valence-electron chi connectivity index (χ2n) is 8.02. The number of ether oxygens (including phenoxy) is 2. The minimum atomic E-state index is -0.710. The molecule has 2 aromatic carbocycles. The number of likely N-dealkylation sites (N-methyl/N-ethyl adjacent to an activating group) is 1. The summed E-state index contributed by atoms with van der Waals surface area (Å²) in [7, 11) is 7.09. The van der Waals surface area contributed by atoms with Gasteiger partial charge < -0.3 is 29.6 Å². The van der Waals surface area contributed by atoms with Gasteiger partial charge in [0.2, 0.25) is 0 Å². The first-order valence-corrected chi connectivity index (χ1v) is 10.1. The van der Waals surface area contributed by atoms with Crippen molar-refractivity contribution in [2.45, 2.75) is 5.54 Å². The molecule has 8 nitrogen and oxygen atoms in total. The molecule has 1 spiro atoms. The fraction of sp³-hybridized carbons (Fsp3) is 0.304. The number of nitrogens with one attached hydrogen (secondary N) is 2. The lowest BCUT2D eigenvalue weighted by atomic mass is 9.83. The summed E-state index contributed by atoms with van der Waals surface area (Å²) in [5.74, 6) is 2.67. The van der Waals surface area contributed by atoms with Crippen LogP contribution in [0, 0.1) is 0 Å². The molecule has 3 aromatic rings. The molecule has 2 aliphatic rings. The van der Waals surface area contributed by atoms with Crippen LogP contribution in [0.15, 0.2) is 48.3 Å². The number of hydrogen-bond donors (Lipinski definition) is 2. The van der Waals surface area contributed by atoms with Gasteiger partial charge in [0.1, 0.15) is 34.3 Å². The fourth-order valence-electron chi connectivity index (χ4n) is 4.72. The number of ketones is 1. The zero-order chi connectivity index (χ0) is 21.8. The van der Waals surface area contributed by atoms with Crippen molar-refractivity contribution < 1.29 is 14.3 Å². The number of anilines is 1. The summed E-state index contributed by atoms with van der Waals surface area (Å²) < 4.78 is 11.0. The van der Waals surface area contributed by atoms with E-state index in [9.17, 15) is 4.79 Å². The van der Waals surface area contributed by atoms with Gasteiger partial charge in [-0.1, -0.05) is 12.1 Å². The Labute approximate surface area is 180 Å². The van der Waals surface area contributed by atoms with E-state index in [-0.39, 0.29) is 5.78 Å². The van der Waals surface area contributed by atoms with Crippen molar-refractivity contribution in [1.29, 1.82) is 0 Å². The number of benzene rings is 2. The van der Waals surface area contributed by atoms with Crippen LogP contribution in [0.1, 0.15) is 5.82 Å². The lowest BCUT2D eigenvalue weighted by molar-refractivity contribution is -0.122. The highest BCUT2D eigenvalue weighted by atomic mass is 16.5. The molecule has 0 atom stereocenters. The standard InChI is InChI=1S/C23H25N5O3/c1-24-22-19(21-25-17-7-5-6-8-18(17)26-21)20(29)23(12-27(2)13-23)28(22)14-9-15(30-3)11-16(10-14)31-4/h5-11,24H,12-13H2,1-4H3,(H,25,26). The highest BCUT2D eigenvalue weighted by Crippen LogP contribution is 2.46. The summed E-state index contributed by atoms with van der Waals surface area (Å²) in [6.07, 6.45) is 0. The monoisotopic (exact) mass is 419 g/mol. The van der Waals surface area contributed by atoms with E-state index in [0.29, 0.717) is 41.8 Å². The summed E-state index contributed by atoms with van der Waals surface area (Å²) in [5, 5.41) is 3.27. The Hall–Kier alpha value is -3.52. The van der Waals surface area contributed by atoms with Gasteiger partial charge in [-0.15, -0.1) is 0 Å². The van der Waals surface area contributed by atoms with Gasteiger partial charge in [-0.05, 0) is 19.2 Å². The van der Waals surface area contributed by atoms with Crippen LogP contribution in [0.25, 0.3) is 16.6 Å². The summed E-state index contributed by atoms with van der Waals surface area (Å²) >= 11 is 0. The number of carbonyl (C=O) groups excluding carboxylic acids is 1. The third-order valence-electron chi connectivity index (χ3n) is 6.06. The highest BCUT2D eigenvalue weighted by molar-refractivity contribution is 6.30. The number of nitrogens with zero attached hydrogens (tertiary/aromatic N) is 3. The Morgan fingerprint density at radius 3 is 2.35 bits per heavy atom. The number of rotatable bonds is 5. The number of carbonyl (C=O) groups is 1. The third-order valence-corrected chi connectivity index (χ3v) is 6.06. The Balaban J connectivity index is 1.72. The Kier molecular flexibility index (Phi) is 4.40. The van der Waals surface area contributed by atoms with Gasteiger partial charge >= 0.3 is 0 Å². The van der Waals surface area contributed by atoms with Crippen LogP contribution >= 0.6 is 0 Å². The summed E-state index contributed by atoms with van der Waals surface area (Å²) in [5.41, 5.74) is 2.41. The third kappa shape index (κ3) is 2.79. The van der Waals surface area contributed by atoms with Crippen molar-refractivity contribution in [2.75, 3.05) is 46.3 Å². The first-order valence-electron chi connectivity index (χ1n) is 10.1. The van der Waals surface area contributed by atoms with Crippen molar-refractivity contribution in [3.05, 3.63) is 54.1 Å². The molecule has 3 heterocycles. The van der Waals surface area contributed by atoms with Gasteiger partial charge in [-0.3, -0.25) is 4.79 Å². The van der Waals surface area contributed by atoms with Crippen LogP contribution in [-0.4, -0.2) is 67.6 Å². The smallest absolute Gasteiger partial charge is 0.198 e. The summed E-state index contributed by atoms with van der Waals surface area (Å²) in [6, 6.07) is 13.5. The maximum absolute atomic E-state index is 13.9. The number of fused-ring (bicyclic) bond motifs is 1. The number of aromatic nitrogens is 2. The molecule has 0 saturated carbocycles. The molecule has 0 radical (unpaired) electrons. The Morgan fingerprint density at radius 2 is 1.77 bits per heavy atom. The number of likely N-dealkylation sites (tertiary alicyclic amines) is 1. The molecule has 0 aliphatic carbocycles. The first-order chi connectivity index (χ1) is 15.0. The highest BCUT2D eigenvalue weighted by Gasteiger charge is 2.60. The van der Waals surface area contributed by atoms with Crippen molar-refractivity contribution in [3.8, 4) is 11.5 Å². The normalized spacial score (nSPS) is 18.1. The van der Waals surface area contributed by atoms with E-state index in [0.717, 1.165) is 16.7 Å². The number of Topliss-reactive ketones (excluding diaryl/α,β-unsaturated/α-hetero) is 1. The van der Waals surface area contributed by atoms with Gasteiger partial charge in [0.05, 0.1) is 30.9 Å². The fourth-order valence-corrected chi connectivity index (χ4v) is 4.72. The van der Waals surface area contributed by atoms with Crippen LogP contribution in [0.3, 0.4) is 0 Å². The number of para-hydroxylation sites is 2. The zero-order valence-electron chi connectivity index (χ0n) is 18.0. The minimum absolute atomic E-state index is 0.0517. The van der Waals surface area contributed by atoms with Crippen LogP contribution < -0.4 is 19.7 Å². The van der Waals surface area contributed by atoms with E-state index >= 15 is 0 Å². The number of aromatic amines is 1. The SMILES string of the molecule is CNC1=C(c2nc3ccccc3[nH]2)C(=O)C2(CN(C)C2)N1c1cc(OC)cc(OC)c1. The van der Waals surface area contributed by atoms with E-state index in [1.165, 1.54) is 0 Å². The first kappa shape index (κ1) is 19.4. The van der Waals surface area contributed by atoms with E-state index in [4.69, 9.17) is 14.5 Å². The molecule has 160 valence electrons. The minimum Gasteiger partial charge on any atom is -0.497 e. The summed E-state index contributed by atoms with van der Waals surface area (Å²) in [4.78, 5) is 26.2. The second kappa shape index (κ2) is 7.02. The van der Waals surface area contributed by atoms with Gasteiger partial charge in [0.25, 0.3) is 0 Å². The molecule has 5 rings (SSSR count). The predicted molar refractivity (Wildman–Crippen MR) is 119 cm³/mol. The molecule has 0 bridgehead atoms. The molecular formula is C23H25N5O3. The van der Waals surface area contributed by atoms with E-state index in [1.807, 2.05) is 56.6 Å². The number of H-pyrrole nitrogens is 1. The van der Waals surface area contributed by atoms with Gasteiger partial charge in [0.15, 0.2) is 5.78 Å². The average molecular weight is 419 g/mol. The quantitative estimate of drug-likeness (QED) is 0.656. The molecule has 8 heteroatoms. The van der Waals surface area contributed by atoms with E-state index < -0.39 is 5.54 Å². The van der Waals surface area contributed by atoms with Gasteiger partial charge in [-0.25, -0.2) is 4.98 Å². The van der Waals surface area contributed by atoms with Crippen molar-refractivity contribution in [2.24, 2.45) is 0 Å². The Morgan fingerprint density at radius 1 is 1.10 bits per heavy atom. The largest absolute Gasteiger partial charge is 0.497 e. The van der Waals surface area contributed by atoms with Crippen LogP contribution in [0.4, 0.5) is 5.69 Å². The van der Waals surface area contributed by atoms with Crippen LogP contribution in [0.5, 0.6) is 11.5 Å². The van der Waals surface area contributed by atoms with E-state index in [2.05, 4.69) is 20.1 Å². The average Bonchev–Trinajstić information content (AvgIpc) is 3.29. The van der Waals surface area contributed by atoms with Crippen molar-refractivity contribution in [1.82, 2.24) is 20.2 Å². The molecular weight excluding hydrogens is 394 g/mol. The zero-order valence-corrected chi connectivity index (χ0v) is 18.0. The number of imidazole rings is 1. The molecule has 2 aliphatic heterocycles. The summed E-state index contributed by atoms with van der Waals surface area (Å²) in [6.45, 7) is 1.22. The number of methoxy groups -OCH3 is 2.